The lowest BCUT2D eigenvalue weighted by Crippen LogP contribution is -2.32. The zero-order chi connectivity index (χ0) is 15.2. The Morgan fingerprint density at radius 2 is 1.81 bits per heavy atom. The van der Waals surface area contributed by atoms with E-state index in [4.69, 9.17) is 11.6 Å². The molecular weight excluding hydrogens is 292 g/mol. The first-order valence-electron chi connectivity index (χ1n) is 6.18. The van der Waals surface area contributed by atoms with Gasteiger partial charge < -0.3 is 15.7 Å². The Labute approximate surface area is 126 Å². The number of benzene rings is 2. The van der Waals surface area contributed by atoms with Gasteiger partial charge in [-0.1, -0.05) is 29.8 Å². The number of amides is 2. The molecule has 2 aromatic rings. The molecule has 0 saturated carbocycles. The molecule has 6 heteroatoms. The number of aromatic hydroxyl groups is 1. The van der Waals surface area contributed by atoms with Crippen molar-refractivity contribution in [2.75, 3.05) is 11.9 Å². The van der Waals surface area contributed by atoms with Gasteiger partial charge in [0.1, 0.15) is 5.75 Å². The Morgan fingerprint density at radius 1 is 1.10 bits per heavy atom. The third-order valence-corrected chi connectivity index (χ3v) is 2.98. The maximum atomic E-state index is 11.8. The molecule has 0 aromatic heterocycles. The number of halogens is 1. The molecule has 108 valence electrons. The van der Waals surface area contributed by atoms with E-state index < -0.39 is 0 Å². The number of rotatable bonds is 4. The van der Waals surface area contributed by atoms with Crippen LogP contribution < -0.4 is 10.6 Å². The topological polar surface area (TPSA) is 78.4 Å². The Balaban J connectivity index is 1.87. The first-order valence-corrected chi connectivity index (χ1v) is 6.55. The molecular formula is C15H13ClN2O3. The van der Waals surface area contributed by atoms with Crippen LogP contribution in [-0.2, 0) is 4.79 Å². The molecule has 0 saturated heterocycles. The molecule has 0 bridgehead atoms. The summed E-state index contributed by atoms with van der Waals surface area (Å²) in [6, 6.07) is 12.9. The van der Waals surface area contributed by atoms with E-state index in [-0.39, 0.29) is 29.1 Å². The van der Waals surface area contributed by atoms with Crippen molar-refractivity contribution < 1.29 is 14.7 Å². The normalized spacial score (nSPS) is 9.95. The van der Waals surface area contributed by atoms with E-state index >= 15 is 0 Å². The monoisotopic (exact) mass is 304 g/mol. The van der Waals surface area contributed by atoms with Crippen LogP contribution in [0.3, 0.4) is 0 Å². The second-order valence-corrected chi connectivity index (χ2v) is 4.67. The summed E-state index contributed by atoms with van der Waals surface area (Å²) in [7, 11) is 0. The Kier molecular flexibility index (Phi) is 4.79. The van der Waals surface area contributed by atoms with Crippen LogP contribution >= 0.6 is 11.6 Å². The quantitative estimate of drug-likeness (QED) is 0.759. The largest absolute Gasteiger partial charge is 0.506 e. The molecule has 2 aromatic carbocycles. The van der Waals surface area contributed by atoms with E-state index in [9.17, 15) is 14.7 Å². The SMILES string of the molecule is O=C(CNC(=O)c1ccccc1)Nc1ccc(O)c(Cl)c1. The van der Waals surface area contributed by atoms with Crippen molar-refractivity contribution in [3.05, 3.63) is 59.1 Å². The van der Waals surface area contributed by atoms with Gasteiger partial charge in [-0.3, -0.25) is 9.59 Å². The van der Waals surface area contributed by atoms with E-state index in [0.717, 1.165) is 0 Å². The van der Waals surface area contributed by atoms with Gasteiger partial charge in [0.05, 0.1) is 11.6 Å². The van der Waals surface area contributed by atoms with Crippen molar-refractivity contribution in [3.8, 4) is 5.75 Å². The lowest BCUT2D eigenvalue weighted by molar-refractivity contribution is -0.115. The van der Waals surface area contributed by atoms with Gasteiger partial charge in [0, 0.05) is 11.3 Å². The molecule has 0 radical (unpaired) electrons. The van der Waals surface area contributed by atoms with Crippen LogP contribution in [-0.4, -0.2) is 23.5 Å². The standard InChI is InChI=1S/C15H13ClN2O3/c16-12-8-11(6-7-13(12)19)18-14(20)9-17-15(21)10-4-2-1-3-5-10/h1-8,19H,9H2,(H,17,21)(H,18,20). The van der Waals surface area contributed by atoms with Crippen LogP contribution in [0.5, 0.6) is 5.75 Å². The molecule has 0 unspecified atom stereocenters. The molecule has 21 heavy (non-hydrogen) atoms. The zero-order valence-electron chi connectivity index (χ0n) is 11.0. The lowest BCUT2D eigenvalue weighted by atomic mass is 10.2. The summed E-state index contributed by atoms with van der Waals surface area (Å²) < 4.78 is 0. The van der Waals surface area contributed by atoms with E-state index in [1.807, 2.05) is 0 Å². The van der Waals surface area contributed by atoms with Gasteiger partial charge in [0.25, 0.3) is 5.91 Å². The first-order chi connectivity index (χ1) is 10.1. The average molecular weight is 305 g/mol. The van der Waals surface area contributed by atoms with E-state index in [1.54, 1.807) is 30.3 Å². The smallest absolute Gasteiger partial charge is 0.251 e. The van der Waals surface area contributed by atoms with Gasteiger partial charge in [-0.2, -0.15) is 0 Å². The summed E-state index contributed by atoms with van der Waals surface area (Å²) in [6.45, 7) is -0.160. The molecule has 0 aliphatic heterocycles. The lowest BCUT2D eigenvalue weighted by Gasteiger charge is -2.08. The number of nitrogens with one attached hydrogen (secondary N) is 2. The number of phenolic OH excluding ortho intramolecular Hbond substituents is 1. The predicted octanol–water partition coefficient (Wildman–Crippen LogP) is 2.41. The number of carbonyl (C=O) groups is 2. The van der Waals surface area contributed by atoms with Crippen LogP contribution in [0.15, 0.2) is 48.5 Å². The number of anilines is 1. The van der Waals surface area contributed by atoms with Crippen molar-refractivity contribution in [2.45, 2.75) is 0 Å². The molecule has 2 amide bonds. The van der Waals surface area contributed by atoms with Crippen molar-refractivity contribution in [1.29, 1.82) is 0 Å². The van der Waals surface area contributed by atoms with Crippen molar-refractivity contribution in [3.63, 3.8) is 0 Å². The first kappa shape index (κ1) is 14.9. The summed E-state index contributed by atoms with van der Waals surface area (Å²) in [5.41, 5.74) is 0.926. The predicted molar refractivity (Wildman–Crippen MR) is 80.5 cm³/mol. The molecule has 0 spiro atoms. The van der Waals surface area contributed by atoms with Crippen LogP contribution in [0.25, 0.3) is 0 Å². The summed E-state index contributed by atoms with van der Waals surface area (Å²) >= 11 is 5.73. The Hall–Kier alpha value is -2.53. The summed E-state index contributed by atoms with van der Waals surface area (Å²) in [6.07, 6.45) is 0. The third kappa shape index (κ3) is 4.22. The fourth-order valence-electron chi connectivity index (χ4n) is 1.64. The van der Waals surface area contributed by atoms with Gasteiger partial charge in [-0.05, 0) is 30.3 Å². The van der Waals surface area contributed by atoms with Gasteiger partial charge >= 0.3 is 0 Å². The van der Waals surface area contributed by atoms with Crippen molar-refractivity contribution in [1.82, 2.24) is 5.32 Å². The minimum atomic E-state index is -0.388. The summed E-state index contributed by atoms with van der Waals surface area (Å²) in [4.78, 5) is 23.5. The number of hydrogen-bond donors (Lipinski definition) is 3. The molecule has 0 aliphatic carbocycles. The second kappa shape index (κ2) is 6.76. The molecule has 0 heterocycles. The minimum absolute atomic E-state index is 0.0629. The molecule has 0 atom stereocenters. The highest BCUT2D eigenvalue weighted by Gasteiger charge is 2.08. The fourth-order valence-corrected chi connectivity index (χ4v) is 1.82. The molecule has 5 nitrogen and oxygen atoms in total. The van der Waals surface area contributed by atoms with Crippen LogP contribution in [0.4, 0.5) is 5.69 Å². The van der Waals surface area contributed by atoms with E-state index in [2.05, 4.69) is 10.6 Å². The molecule has 0 fully saturated rings. The highest BCUT2D eigenvalue weighted by atomic mass is 35.5. The van der Waals surface area contributed by atoms with Gasteiger partial charge in [-0.25, -0.2) is 0 Å². The Bertz CT molecular complexity index is 659. The van der Waals surface area contributed by atoms with Crippen molar-refractivity contribution >= 4 is 29.1 Å². The fraction of sp³-hybridized carbons (Fsp3) is 0.0667. The van der Waals surface area contributed by atoms with Crippen LogP contribution in [0.2, 0.25) is 5.02 Å². The number of carbonyl (C=O) groups excluding carboxylic acids is 2. The van der Waals surface area contributed by atoms with Gasteiger partial charge in [-0.15, -0.1) is 0 Å². The van der Waals surface area contributed by atoms with Gasteiger partial charge in [0.2, 0.25) is 5.91 Å². The van der Waals surface area contributed by atoms with Crippen LogP contribution in [0, 0.1) is 0 Å². The molecule has 3 N–H and O–H groups in total. The maximum Gasteiger partial charge on any atom is 0.251 e. The average Bonchev–Trinajstić information content (AvgIpc) is 2.49. The van der Waals surface area contributed by atoms with E-state index in [1.165, 1.54) is 18.2 Å². The van der Waals surface area contributed by atoms with Crippen LogP contribution in [0.1, 0.15) is 10.4 Å². The molecule has 2 rings (SSSR count). The summed E-state index contributed by atoms with van der Waals surface area (Å²) in [5.74, 6) is -0.775. The highest BCUT2D eigenvalue weighted by molar-refractivity contribution is 6.32. The van der Waals surface area contributed by atoms with Crippen molar-refractivity contribution in [2.24, 2.45) is 0 Å². The molecule has 0 aliphatic rings. The highest BCUT2D eigenvalue weighted by Crippen LogP contribution is 2.25. The Morgan fingerprint density at radius 3 is 2.48 bits per heavy atom. The number of phenols is 1. The minimum Gasteiger partial charge on any atom is -0.506 e. The zero-order valence-corrected chi connectivity index (χ0v) is 11.7. The van der Waals surface area contributed by atoms with E-state index in [0.29, 0.717) is 11.3 Å². The number of hydrogen-bond acceptors (Lipinski definition) is 3. The maximum absolute atomic E-state index is 11.8. The summed E-state index contributed by atoms with van der Waals surface area (Å²) in [5, 5.41) is 14.5. The second-order valence-electron chi connectivity index (χ2n) is 4.26. The van der Waals surface area contributed by atoms with Gasteiger partial charge in [0.15, 0.2) is 0 Å². The third-order valence-electron chi connectivity index (χ3n) is 2.68.